The lowest BCUT2D eigenvalue weighted by Gasteiger charge is -2.12. The first-order chi connectivity index (χ1) is 13.5. The Bertz CT molecular complexity index is 838. The van der Waals surface area contributed by atoms with Crippen LogP contribution in [0.3, 0.4) is 0 Å². The van der Waals surface area contributed by atoms with E-state index in [0.29, 0.717) is 29.5 Å². The summed E-state index contributed by atoms with van der Waals surface area (Å²) in [6.07, 6.45) is 3.07. The van der Waals surface area contributed by atoms with Crippen LogP contribution in [0.25, 0.3) is 6.08 Å². The molecule has 0 aromatic heterocycles. The summed E-state index contributed by atoms with van der Waals surface area (Å²) in [5, 5.41) is 5.26. The fraction of sp³-hybridized carbons (Fsp3) is 0.200. The maximum atomic E-state index is 12.1. The van der Waals surface area contributed by atoms with Crippen molar-refractivity contribution in [1.29, 1.82) is 0 Å². The summed E-state index contributed by atoms with van der Waals surface area (Å²) < 4.78 is 15.9. The number of carbonyl (C=O) groups is 2. The van der Waals surface area contributed by atoms with Crippen molar-refractivity contribution in [2.75, 3.05) is 26.6 Å². The van der Waals surface area contributed by atoms with E-state index in [4.69, 9.17) is 19.9 Å². The molecule has 3 amide bonds. The minimum atomic E-state index is -0.627. The van der Waals surface area contributed by atoms with E-state index in [2.05, 4.69) is 10.6 Å². The van der Waals surface area contributed by atoms with Gasteiger partial charge in [0.15, 0.2) is 11.5 Å². The molecule has 2 aromatic carbocycles. The van der Waals surface area contributed by atoms with Gasteiger partial charge in [-0.1, -0.05) is 12.1 Å². The number of methoxy groups -OCH3 is 3. The predicted octanol–water partition coefficient (Wildman–Crippen LogP) is 2.53. The van der Waals surface area contributed by atoms with Gasteiger partial charge in [0.1, 0.15) is 0 Å². The van der Waals surface area contributed by atoms with Crippen LogP contribution in [0.2, 0.25) is 0 Å². The third kappa shape index (κ3) is 5.66. The van der Waals surface area contributed by atoms with Gasteiger partial charge < -0.3 is 30.6 Å². The molecule has 0 aliphatic heterocycles. The Kier molecular flexibility index (Phi) is 7.27. The lowest BCUT2D eigenvalue weighted by Crippen LogP contribution is -2.20. The Labute approximate surface area is 163 Å². The molecule has 0 radical (unpaired) electrons. The largest absolute Gasteiger partial charge is 0.493 e. The number of nitrogens with one attached hydrogen (secondary N) is 2. The quantitative estimate of drug-likeness (QED) is 0.605. The number of rotatable bonds is 8. The SMILES string of the molecule is COc1cc(/C=C/C(=O)NCc2ccc(NC(N)=O)cc2)cc(OC)c1OC. The smallest absolute Gasteiger partial charge is 0.316 e. The van der Waals surface area contributed by atoms with Crippen LogP contribution in [0.15, 0.2) is 42.5 Å². The van der Waals surface area contributed by atoms with Crippen LogP contribution in [0.1, 0.15) is 11.1 Å². The predicted molar refractivity (Wildman–Crippen MR) is 107 cm³/mol. The summed E-state index contributed by atoms with van der Waals surface area (Å²) in [6, 6.07) is 9.85. The highest BCUT2D eigenvalue weighted by Gasteiger charge is 2.12. The van der Waals surface area contributed by atoms with Crippen LogP contribution in [-0.2, 0) is 11.3 Å². The first-order valence-corrected chi connectivity index (χ1v) is 8.38. The molecule has 0 heterocycles. The maximum Gasteiger partial charge on any atom is 0.316 e. The number of benzene rings is 2. The molecule has 2 rings (SSSR count). The Morgan fingerprint density at radius 1 is 1.00 bits per heavy atom. The monoisotopic (exact) mass is 385 g/mol. The van der Waals surface area contributed by atoms with Crippen LogP contribution < -0.4 is 30.6 Å². The average Bonchev–Trinajstić information content (AvgIpc) is 2.70. The molecule has 148 valence electrons. The highest BCUT2D eigenvalue weighted by Crippen LogP contribution is 2.38. The van der Waals surface area contributed by atoms with Gasteiger partial charge in [0.2, 0.25) is 11.7 Å². The maximum absolute atomic E-state index is 12.1. The van der Waals surface area contributed by atoms with E-state index in [9.17, 15) is 9.59 Å². The van der Waals surface area contributed by atoms with E-state index in [1.54, 1.807) is 42.5 Å². The van der Waals surface area contributed by atoms with Crippen LogP contribution in [-0.4, -0.2) is 33.3 Å². The van der Waals surface area contributed by atoms with Crippen molar-refractivity contribution in [2.24, 2.45) is 5.73 Å². The normalized spacial score (nSPS) is 10.4. The molecule has 0 saturated heterocycles. The molecule has 0 spiro atoms. The molecule has 0 unspecified atom stereocenters. The molecule has 0 atom stereocenters. The van der Waals surface area contributed by atoms with Crippen molar-refractivity contribution in [3.63, 3.8) is 0 Å². The van der Waals surface area contributed by atoms with Gasteiger partial charge >= 0.3 is 6.03 Å². The number of nitrogens with two attached hydrogens (primary N) is 1. The minimum Gasteiger partial charge on any atom is -0.493 e. The fourth-order valence-corrected chi connectivity index (χ4v) is 2.47. The number of hydrogen-bond donors (Lipinski definition) is 3. The lowest BCUT2D eigenvalue weighted by atomic mass is 10.1. The zero-order valence-corrected chi connectivity index (χ0v) is 15.9. The van der Waals surface area contributed by atoms with Gasteiger partial charge in [-0.25, -0.2) is 4.79 Å². The highest BCUT2D eigenvalue weighted by molar-refractivity contribution is 5.92. The van der Waals surface area contributed by atoms with Crippen LogP contribution in [0, 0.1) is 0 Å². The molecule has 4 N–H and O–H groups in total. The van der Waals surface area contributed by atoms with Crippen molar-refractivity contribution < 1.29 is 23.8 Å². The molecule has 8 nitrogen and oxygen atoms in total. The highest BCUT2D eigenvalue weighted by atomic mass is 16.5. The van der Waals surface area contributed by atoms with E-state index in [0.717, 1.165) is 11.1 Å². The summed E-state index contributed by atoms with van der Waals surface area (Å²) in [5.41, 5.74) is 7.25. The molecule has 0 aliphatic rings. The van der Waals surface area contributed by atoms with Crippen LogP contribution >= 0.6 is 0 Å². The Morgan fingerprint density at radius 2 is 1.61 bits per heavy atom. The van der Waals surface area contributed by atoms with Crippen molar-refractivity contribution in [2.45, 2.75) is 6.54 Å². The van der Waals surface area contributed by atoms with Gasteiger partial charge in [0.25, 0.3) is 0 Å². The van der Waals surface area contributed by atoms with Crippen molar-refractivity contribution >= 4 is 23.7 Å². The number of anilines is 1. The molecule has 0 aliphatic carbocycles. The van der Waals surface area contributed by atoms with Gasteiger partial charge in [-0.15, -0.1) is 0 Å². The van der Waals surface area contributed by atoms with E-state index >= 15 is 0 Å². The number of ether oxygens (including phenoxy) is 3. The molecule has 8 heteroatoms. The summed E-state index contributed by atoms with van der Waals surface area (Å²) in [4.78, 5) is 22.9. The average molecular weight is 385 g/mol. The van der Waals surface area contributed by atoms with Crippen molar-refractivity contribution in [3.05, 3.63) is 53.6 Å². The summed E-state index contributed by atoms with van der Waals surface area (Å²) in [7, 11) is 4.59. The number of urea groups is 1. The zero-order valence-electron chi connectivity index (χ0n) is 15.9. The molecule has 2 aromatic rings. The van der Waals surface area contributed by atoms with Gasteiger partial charge in [0, 0.05) is 18.3 Å². The number of amides is 3. The molecule has 0 fully saturated rings. The van der Waals surface area contributed by atoms with Gasteiger partial charge in [-0.3, -0.25) is 4.79 Å². The first kappa shape index (κ1) is 20.6. The third-order valence-electron chi connectivity index (χ3n) is 3.80. The molecule has 0 saturated carbocycles. The van der Waals surface area contributed by atoms with E-state index in [1.807, 2.05) is 0 Å². The second-order valence-corrected chi connectivity index (χ2v) is 5.70. The Hall–Kier alpha value is -3.68. The van der Waals surface area contributed by atoms with Gasteiger partial charge in [-0.2, -0.15) is 0 Å². The number of primary amides is 1. The zero-order chi connectivity index (χ0) is 20.5. The third-order valence-corrected chi connectivity index (χ3v) is 3.80. The van der Waals surface area contributed by atoms with Gasteiger partial charge in [0.05, 0.1) is 21.3 Å². The first-order valence-electron chi connectivity index (χ1n) is 8.38. The summed E-state index contributed by atoms with van der Waals surface area (Å²) in [6.45, 7) is 0.343. The lowest BCUT2D eigenvalue weighted by molar-refractivity contribution is -0.116. The Balaban J connectivity index is 1.99. The molecule has 28 heavy (non-hydrogen) atoms. The van der Waals surface area contributed by atoms with E-state index < -0.39 is 6.03 Å². The molecule has 0 bridgehead atoms. The molecular formula is C20H23N3O5. The topological polar surface area (TPSA) is 112 Å². The fourth-order valence-electron chi connectivity index (χ4n) is 2.47. The standard InChI is InChI=1S/C20H23N3O5/c1-26-16-10-14(11-17(27-2)19(16)28-3)6-9-18(24)22-12-13-4-7-15(8-5-13)23-20(21)25/h4-11H,12H2,1-3H3,(H,22,24)(H3,21,23,25)/b9-6+. The molecular weight excluding hydrogens is 362 g/mol. The van der Waals surface area contributed by atoms with Gasteiger partial charge in [-0.05, 0) is 41.5 Å². The summed E-state index contributed by atoms with van der Waals surface area (Å²) in [5.74, 6) is 1.24. The summed E-state index contributed by atoms with van der Waals surface area (Å²) >= 11 is 0. The second kappa shape index (κ2) is 9.86. The number of carbonyl (C=O) groups excluding carboxylic acids is 2. The van der Waals surface area contributed by atoms with E-state index in [1.165, 1.54) is 27.4 Å². The Morgan fingerprint density at radius 3 is 2.11 bits per heavy atom. The van der Waals surface area contributed by atoms with Crippen LogP contribution in [0.4, 0.5) is 10.5 Å². The number of hydrogen-bond acceptors (Lipinski definition) is 5. The van der Waals surface area contributed by atoms with Crippen molar-refractivity contribution in [3.8, 4) is 17.2 Å². The minimum absolute atomic E-state index is 0.256. The van der Waals surface area contributed by atoms with E-state index in [-0.39, 0.29) is 5.91 Å². The van der Waals surface area contributed by atoms with Crippen LogP contribution in [0.5, 0.6) is 17.2 Å². The second-order valence-electron chi connectivity index (χ2n) is 5.70. The van der Waals surface area contributed by atoms with Crippen molar-refractivity contribution in [1.82, 2.24) is 5.32 Å².